The van der Waals surface area contributed by atoms with Crippen molar-refractivity contribution in [1.29, 1.82) is 0 Å². The fraction of sp³-hybridized carbons (Fsp3) is 0.300. The molecule has 5 nitrogen and oxygen atoms in total. The van der Waals surface area contributed by atoms with Crippen LogP contribution in [0.1, 0.15) is 11.1 Å². The number of aryl methyl sites for hydroxylation is 1. The van der Waals surface area contributed by atoms with E-state index >= 15 is 0 Å². The highest BCUT2D eigenvalue weighted by Gasteiger charge is 2.22. The maximum absolute atomic E-state index is 13.3. The molecule has 1 aromatic heterocycles. The van der Waals surface area contributed by atoms with Crippen molar-refractivity contribution < 1.29 is 9.13 Å². The number of hydrogen-bond donors (Lipinski definition) is 0. The Hall–Kier alpha value is -2.09. The first kappa shape index (κ1) is 19.2. The number of hydrogen-bond acceptors (Lipinski definition) is 5. The fourth-order valence-electron chi connectivity index (χ4n) is 3.10. The van der Waals surface area contributed by atoms with Gasteiger partial charge >= 0.3 is 0 Å². The Bertz CT molecular complexity index is 975. The summed E-state index contributed by atoms with van der Waals surface area (Å²) >= 11 is 7.71. The largest absolute Gasteiger partial charge is 0.378 e. The lowest BCUT2D eigenvalue weighted by atomic mass is 10.2. The van der Waals surface area contributed by atoms with Crippen molar-refractivity contribution in [3.05, 3.63) is 64.4 Å². The molecule has 0 radical (unpaired) electrons. The van der Waals surface area contributed by atoms with Crippen LogP contribution < -0.4 is 4.90 Å². The number of anilines is 1. The Kier molecular flexibility index (Phi) is 5.85. The van der Waals surface area contributed by atoms with Gasteiger partial charge in [-0.1, -0.05) is 41.6 Å². The smallest absolute Gasteiger partial charge is 0.232 e. The summed E-state index contributed by atoms with van der Waals surface area (Å²) in [6.45, 7) is 4.97. The van der Waals surface area contributed by atoms with Gasteiger partial charge in [0, 0.05) is 23.9 Å². The topological polar surface area (TPSA) is 43.2 Å². The predicted octanol–water partition coefficient (Wildman–Crippen LogP) is 4.50. The number of nitrogens with zero attached hydrogens (tertiary/aromatic N) is 4. The maximum atomic E-state index is 13.3. The standard InChI is InChI=1S/C20H20ClFN4OS/c1-14-3-2-4-17(11-14)26-19(25-7-9-27-10-8-25)23-24-20(26)28-13-15-5-6-16(22)12-18(15)21/h2-6,11-12H,7-10,13H2,1H3. The fourth-order valence-corrected chi connectivity index (χ4v) is 4.36. The lowest BCUT2D eigenvalue weighted by Crippen LogP contribution is -2.37. The van der Waals surface area contributed by atoms with E-state index in [4.69, 9.17) is 16.3 Å². The lowest BCUT2D eigenvalue weighted by molar-refractivity contribution is 0.122. The van der Waals surface area contributed by atoms with Crippen molar-refractivity contribution in [2.45, 2.75) is 17.8 Å². The number of ether oxygens (including phenoxy) is 1. The first-order chi connectivity index (χ1) is 13.6. The molecule has 0 spiro atoms. The molecule has 0 atom stereocenters. The van der Waals surface area contributed by atoms with E-state index in [1.54, 1.807) is 6.07 Å². The van der Waals surface area contributed by atoms with E-state index in [1.165, 1.54) is 23.9 Å². The van der Waals surface area contributed by atoms with Gasteiger partial charge in [0.1, 0.15) is 5.82 Å². The third-order valence-corrected chi connectivity index (χ3v) is 5.87. The average molecular weight is 419 g/mol. The second-order valence-electron chi connectivity index (χ2n) is 6.58. The second-order valence-corrected chi connectivity index (χ2v) is 7.93. The first-order valence-corrected chi connectivity index (χ1v) is 10.4. The van der Waals surface area contributed by atoms with Crippen molar-refractivity contribution in [1.82, 2.24) is 14.8 Å². The third-order valence-electron chi connectivity index (χ3n) is 4.54. The van der Waals surface area contributed by atoms with Gasteiger partial charge in [-0.15, -0.1) is 10.2 Å². The van der Waals surface area contributed by atoms with Crippen molar-refractivity contribution in [2.24, 2.45) is 0 Å². The molecule has 28 heavy (non-hydrogen) atoms. The van der Waals surface area contributed by atoms with E-state index in [-0.39, 0.29) is 5.82 Å². The van der Waals surface area contributed by atoms with Gasteiger partial charge in [0.2, 0.25) is 5.95 Å². The second kappa shape index (κ2) is 8.51. The molecule has 2 heterocycles. The minimum absolute atomic E-state index is 0.337. The Morgan fingerprint density at radius 2 is 1.96 bits per heavy atom. The summed E-state index contributed by atoms with van der Waals surface area (Å²) in [4.78, 5) is 2.19. The normalized spacial score (nSPS) is 14.5. The van der Waals surface area contributed by atoms with Gasteiger partial charge in [-0.3, -0.25) is 4.57 Å². The van der Waals surface area contributed by atoms with E-state index in [0.717, 1.165) is 41.0 Å². The van der Waals surface area contributed by atoms with Crippen molar-refractivity contribution in [3.8, 4) is 5.69 Å². The zero-order valence-electron chi connectivity index (χ0n) is 15.4. The molecule has 4 rings (SSSR count). The van der Waals surface area contributed by atoms with Crippen molar-refractivity contribution in [3.63, 3.8) is 0 Å². The zero-order chi connectivity index (χ0) is 19.5. The number of aromatic nitrogens is 3. The maximum Gasteiger partial charge on any atom is 0.232 e. The van der Waals surface area contributed by atoms with Crippen LogP contribution in [0.3, 0.4) is 0 Å². The molecule has 0 amide bonds. The van der Waals surface area contributed by atoms with Crippen molar-refractivity contribution >= 4 is 29.3 Å². The van der Waals surface area contributed by atoms with Gasteiger partial charge < -0.3 is 9.64 Å². The van der Waals surface area contributed by atoms with E-state index in [0.29, 0.717) is 24.0 Å². The van der Waals surface area contributed by atoms with Crippen LogP contribution in [-0.4, -0.2) is 41.1 Å². The molecule has 0 saturated carbocycles. The Labute approximate surface area is 172 Å². The van der Waals surface area contributed by atoms with Gasteiger partial charge in [-0.2, -0.15) is 0 Å². The monoisotopic (exact) mass is 418 g/mol. The highest BCUT2D eigenvalue weighted by molar-refractivity contribution is 7.98. The summed E-state index contributed by atoms with van der Waals surface area (Å²) in [5.74, 6) is 1.05. The molecular weight excluding hydrogens is 399 g/mol. The number of morpholine rings is 1. The summed E-state index contributed by atoms with van der Waals surface area (Å²) in [7, 11) is 0. The van der Waals surface area contributed by atoms with Crippen LogP contribution in [0.4, 0.5) is 10.3 Å². The number of rotatable bonds is 5. The van der Waals surface area contributed by atoms with E-state index in [9.17, 15) is 4.39 Å². The SMILES string of the molecule is Cc1cccc(-n2c(SCc3ccc(F)cc3Cl)nnc2N2CCOCC2)c1. The average Bonchev–Trinajstić information content (AvgIpc) is 3.12. The van der Waals surface area contributed by atoms with Crippen LogP contribution in [0.5, 0.6) is 0 Å². The number of halogens is 2. The van der Waals surface area contributed by atoms with Crippen LogP contribution in [0, 0.1) is 12.7 Å². The van der Waals surface area contributed by atoms with Gasteiger partial charge in [-0.25, -0.2) is 4.39 Å². The Morgan fingerprint density at radius 1 is 1.14 bits per heavy atom. The van der Waals surface area contributed by atoms with Gasteiger partial charge in [0.15, 0.2) is 5.16 Å². The van der Waals surface area contributed by atoms with Crippen LogP contribution in [0.2, 0.25) is 5.02 Å². The molecule has 0 N–H and O–H groups in total. The summed E-state index contributed by atoms with van der Waals surface area (Å²) in [6, 6.07) is 12.7. The molecule has 8 heteroatoms. The number of benzene rings is 2. The molecule has 0 bridgehead atoms. The first-order valence-electron chi connectivity index (χ1n) is 9.04. The summed E-state index contributed by atoms with van der Waals surface area (Å²) in [6.07, 6.45) is 0. The lowest BCUT2D eigenvalue weighted by Gasteiger charge is -2.28. The minimum atomic E-state index is -0.337. The van der Waals surface area contributed by atoms with Crippen LogP contribution in [0.15, 0.2) is 47.6 Å². The van der Waals surface area contributed by atoms with E-state index < -0.39 is 0 Å². The minimum Gasteiger partial charge on any atom is -0.378 e. The molecular formula is C20H20ClFN4OS. The summed E-state index contributed by atoms with van der Waals surface area (Å²) in [5.41, 5.74) is 3.04. The molecule has 0 aliphatic carbocycles. The van der Waals surface area contributed by atoms with Crippen molar-refractivity contribution in [2.75, 3.05) is 31.2 Å². The van der Waals surface area contributed by atoms with Crippen LogP contribution in [0.25, 0.3) is 5.69 Å². The number of thioether (sulfide) groups is 1. The molecule has 0 unspecified atom stereocenters. The molecule has 1 saturated heterocycles. The van der Waals surface area contributed by atoms with Crippen LogP contribution in [-0.2, 0) is 10.5 Å². The molecule has 146 valence electrons. The van der Waals surface area contributed by atoms with E-state index in [2.05, 4.69) is 44.8 Å². The van der Waals surface area contributed by atoms with E-state index in [1.807, 2.05) is 6.07 Å². The molecule has 3 aromatic rings. The predicted molar refractivity (Wildman–Crippen MR) is 110 cm³/mol. The van der Waals surface area contributed by atoms with Gasteiger partial charge in [-0.05, 0) is 42.3 Å². The summed E-state index contributed by atoms with van der Waals surface area (Å²) < 4.78 is 20.9. The van der Waals surface area contributed by atoms with Crippen LogP contribution >= 0.6 is 23.4 Å². The van der Waals surface area contributed by atoms with Gasteiger partial charge in [0.25, 0.3) is 0 Å². The molecule has 1 fully saturated rings. The highest BCUT2D eigenvalue weighted by atomic mass is 35.5. The third kappa shape index (κ3) is 4.16. The summed E-state index contributed by atoms with van der Waals surface area (Å²) in [5, 5.41) is 10.1. The highest BCUT2D eigenvalue weighted by Crippen LogP contribution is 2.31. The Balaban J connectivity index is 1.67. The quantitative estimate of drug-likeness (QED) is 0.571. The zero-order valence-corrected chi connectivity index (χ0v) is 17.0. The molecule has 1 aliphatic heterocycles. The Morgan fingerprint density at radius 3 is 2.71 bits per heavy atom. The molecule has 1 aliphatic rings. The van der Waals surface area contributed by atoms with Gasteiger partial charge in [0.05, 0.1) is 18.9 Å². The molecule has 2 aromatic carbocycles.